The van der Waals surface area contributed by atoms with Gasteiger partial charge < -0.3 is 5.73 Å². The first-order chi connectivity index (χ1) is 6.66. The molecule has 0 spiro atoms. The highest BCUT2D eigenvalue weighted by molar-refractivity contribution is 6.04. The molecule has 0 bridgehead atoms. The molecule has 0 aromatic carbocycles. The molecule has 5 nitrogen and oxygen atoms in total. The molecule has 1 amide bonds. The quantitative estimate of drug-likeness (QED) is 0.647. The van der Waals surface area contributed by atoms with Gasteiger partial charge in [-0.05, 0) is 13.0 Å². The van der Waals surface area contributed by atoms with E-state index in [-0.39, 0.29) is 11.9 Å². The fraction of sp³-hybridized carbons (Fsp3) is 0.222. The standard InChI is InChI=1S/C9H10N4O/c1-5-2-3-6(4-11-5)7-8(14)13-9(10)12-7/h2-4,7H,1H3,(H3,10,12,13,14). The van der Waals surface area contributed by atoms with Crippen LogP contribution in [0.2, 0.25) is 0 Å². The third-order valence-electron chi connectivity index (χ3n) is 2.02. The number of nitrogens with two attached hydrogens (primary N) is 1. The van der Waals surface area contributed by atoms with Gasteiger partial charge in [0.1, 0.15) is 0 Å². The Balaban J connectivity index is 2.32. The average molecular weight is 190 g/mol. The summed E-state index contributed by atoms with van der Waals surface area (Å²) in [5.41, 5.74) is 7.04. The normalized spacial score (nSPS) is 20.5. The summed E-state index contributed by atoms with van der Waals surface area (Å²) < 4.78 is 0. The van der Waals surface area contributed by atoms with Gasteiger partial charge in [-0.25, -0.2) is 4.99 Å². The first-order valence-corrected chi connectivity index (χ1v) is 4.23. The molecule has 2 rings (SSSR count). The summed E-state index contributed by atoms with van der Waals surface area (Å²) >= 11 is 0. The van der Waals surface area contributed by atoms with Gasteiger partial charge >= 0.3 is 0 Å². The maximum Gasteiger partial charge on any atom is 0.256 e. The van der Waals surface area contributed by atoms with Gasteiger partial charge in [-0.15, -0.1) is 0 Å². The van der Waals surface area contributed by atoms with Crippen LogP contribution in [0.15, 0.2) is 23.3 Å². The molecular weight excluding hydrogens is 180 g/mol. The highest BCUT2D eigenvalue weighted by Gasteiger charge is 2.26. The lowest BCUT2D eigenvalue weighted by molar-refractivity contribution is -0.120. The zero-order chi connectivity index (χ0) is 10.1. The predicted molar refractivity (Wildman–Crippen MR) is 51.5 cm³/mol. The van der Waals surface area contributed by atoms with Crippen LogP contribution < -0.4 is 11.1 Å². The second-order valence-corrected chi connectivity index (χ2v) is 3.14. The number of pyridine rings is 1. The number of nitrogens with one attached hydrogen (secondary N) is 1. The number of aryl methyl sites for hydroxylation is 1. The first kappa shape index (κ1) is 8.68. The largest absolute Gasteiger partial charge is 0.370 e. The van der Waals surface area contributed by atoms with Crippen LogP contribution in [-0.2, 0) is 4.79 Å². The Morgan fingerprint density at radius 1 is 1.50 bits per heavy atom. The van der Waals surface area contributed by atoms with E-state index < -0.39 is 6.04 Å². The van der Waals surface area contributed by atoms with Gasteiger partial charge in [-0.1, -0.05) is 6.07 Å². The Bertz CT molecular complexity index is 396. The third-order valence-corrected chi connectivity index (χ3v) is 2.02. The molecule has 0 saturated heterocycles. The molecule has 1 aromatic heterocycles. The summed E-state index contributed by atoms with van der Waals surface area (Å²) in [6.45, 7) is 1.89. The fourth-order valence-corrected chi connectivity index (χ4v) is 1.29. The number of carbonyl (C=O) groups is 1. The molecule has 0 fully saturated rings. The lowest BCUT2D eigenvalue weighted by atomic mass is 10.1. The molecule has 3 N–H and O–H groups in total. The minimum Gasteiger partial charge on any atom is -0.370 e. The maximum absolute atomic E-state index is 11.3. The number of rotatable bonds is 1. The van der Waals surface area contributed by atoms with E-state index >= 15 is 0 Å². The molecule has 1 unspecified atom stereocenters. The van der Waals surface area contributed by atoms with Gasteiger partial charge in [0.25, 0.3) is 5.91 Å². The van der Waals surface area contributed by atoms with Gasteiger partial charge in [-0.2, -0.15) is 0 Å². The van der Waals surface area contributed by atoms with Crippen LogP contribution in [0.4, 0.5) is 0 Å². The van der Waals surface area contributed by atoms with Crippen molar-refractivity contribution in [1.82, 2.24) is 10.3 Å². The monoisotopic (exact) mass is 190 g/mol. The lowest BCUT2D eigenvalue weighted by Gasteiger charge is -2.03. The van der Waals surface area contributed by atoms with Crippen molar-refractivity contribution in [3.63, 3.8) is 0 Å². The highest BCUT2D eigenvalue weighted by Crippen LogP contribution is 2.19. The van der Waals surface area contributed by atoms with E-state index in [4.69, 9.17) is 5.73 Å². The van der Waals surface area contributed by atoms with E-state index in [2.05, 4.69) is 15.3 Å². The molecule has 0 radical (unpaired) electrons. The van der Waals surface area contributed by atoms with Crippen molar-refractivity contribution in [2.24, 2.45) is 10.7 Å². The molecule has 0 aliphatic carbocycles. The molecule has 72 valence electrons. The van der Waals surface area contributed by atoms with Crippen LogP contribution in [-0.4, -0.2) is 16.9 Å². The van der Waals surface area contributed by atoms with E-state index in [1.54, 1.807) is 6.20 Å². The summed E-state index contributed by atoms with van der Waals surface area (Å²) in [4.78, 5) is 19.4. The van der Waals surface area contributed by atoms with Crippen LogP contribution >= 0.6 is 0 Å². The van der Waals surface area contributed by atoms with Crippen molar-refractivity contribution in [3.8, 4) is 0 Å². The Morgan fingerprint density at radius 3 is 2.79 bits per heavy atom. The summed E-state index contributed by atoms with van der Waals surface area (Å²) in [7, 11) is 0. The first-order valence-electron chi connectivity index (χ1n) is 4.23. The Labute approximate surface area is 81.1 Å². The van der Waals surface area contributed by atoms with Crippen LogP contribution in [0.1, 0.15) is 17.3 Å². The highest BCUT2D eigenvalue weighted by atomic mass is 16.2. The average Bonchev–Trinajstić information content (AvgIpc) is 2.47. The number of carbonyl (C=O) groups excluding carboxylic acids is 1. The topological polar surface area (TPSA) is 80.4 Å². The minimum absolute atomic E-state index is 0.167. The number of hydrogen-bond donors (Lipinski definition) is 2. The maximum atomic E-state index is 11.3. The summed E-state index contributed by atoms with van der Waals surface area (Å²) in [6, 6.07) is 3.13. The van der Waals surface area contributed by atoms with Gasteiger partial charge in [0, 0.05) is 17.5 Å². The van der Waals surface area contributed by atoms with E-state index in [0.717, 1.165) is 11.3 Å². The van der Waals surface area contributed by atoms with Gasteiger partial charge in [-0.3, -0.25) is 15.1 Å². The van der Waals surface area contributed by atoms with E-state index in [1.807, 2.05) is 19.1 Å². The third kappa shape index (κ3) is 1.44. The molecule has 1 atom stereocenters. The Hall–Kier alpha value is -1.91. The number of nitrogens with zero attached hydrogens (tertiary/aromatic N) is 2. The Morgan fingerprint density at radius 2 is 2.29 bits per heavy atom. The van der Waals surface area contributed by atoms with E-state index in [1.165, 1.54) is 0 Å². The van der Waals surface area contributed by atoms with E-state index in [0.29, 0.717) is 0 Å². The number of aromatic nitrogens is 1. The van der Waals surface area contributed by atoms with Crippen molar-refractivity contribution < 1.29 is 4.79 Å². The molecule has 5 heteroatoms. The zero-order valence-electron chi connectivity index (χ0n) is 7.69. The summed E-state index contributed by atoms with van der Waals surface area (Å²) in [6.07, 6.45) is 1.64. The van der Waals surface area contributed by atoms with Crippen molar-refractivity contribution >= 4 is 11.9 Å². The van der Waals surface area contributed by atoms with Crippen LogP contribution in [0, 0.1) is 6.92 Å². The van der Waals surface area contributed by atoms with Crippen molar-refractivity contribution in [1.29, 1.82) is 0 Å². The van der Waals surface area contributed by atoms with Crippen molar-refractivity contribution in [2.75, 3.05) is 0 Å². The molecule has 1 aliphatic rings. The van der Waals surface area contributed by atoms with Crippen LogP contribution in [0.5, 0.6) is 0 Å². The molecular formula is C9H10N4O. The number of amides is 1. The van der Waals surface area contributed by atoms with Crippen LogP contribution in [0.25, 0.3) is 0 Å². The number of guanidine groups is 1. The Kier molecular flexibility index (Phi) is 1.92. The SMILES string of the molecule is Cc1ccc(C2N=C(N)NC2=O)cn1. The number of hydrogen-bond acceptors (Lipinski definition) is 4. The van der Waals surface area contributed by atoms with Gasteiger partial charge in [0.05, 0.1) is 0 Å². The molecule has 2 heterocycles. The van der Waals surface area contributed by atoms with Gasteiger partial charge in [0.15, 0.2) is 12.0 Å². The fourth-order valence-electron chi connectivity index (χ4n) is 1.29. The molecule has 14 heavy (non-hydrogen) atoms. The van der Waals surface area contributed by atoms with Crippen molar-refractivity contribution in [2.45, 2.75) is 13.0 Å². The van der Waals surface area contributed by atoms with Gasteiger partial charge in [0.2, 0.25) is 0 Å². The molecule has 1 aromatic rings. The van der Waals surface area contributed by atoms with Crippen LogP contribution in [0.3, 0.4) is 0 Å². The number of aliphatic imine (C=N–C) groups is 1. The summed E-state index contributed by atoms with van der Waals surface area (Å²) in [5.74, 6) is -0.0336. The zero-order valence-corrected chi connectivity index (χ0v) is 7.69. The smallest absolute Gasteiger partial charge is 0.256 e. The second kappa shape index (κ2) is 3.10. The summed E-state index contributed by atoms with van der Waals surface area (Å²) in [5, 5.41) is 2.44. The van der Waals surface area contributed by atoms with E-state index in [9.17, 15) is 4.79 Å². The molecule has 0 saturated carbocycles. The minimum atomic E-state index is -0.539. The lowest BCUT2D eigenvalue weighted by Crippen LogP contribution is -2.31. The second-order valence-electron chi connectivity index (χ2n) is 3.14. The predicted octanol–water partition coefficient (Wildman–Crippen LogP) is -0.124. The molecule has 1 aliphatic heterocycles. The van der Waals surface area contributed by atoms with Crippen molar-refractivity contribution in [3.05, 3.63) is 29.6 Å².